The average Bonchev–Trinajstić information content (AvgIpc) is 2.83. The van der Waals surface area contributed by atoms with E-state index in [9.17, 15) is 13.2 Å². The van der Waals surface area contributed by atoms with E-state index >= 15 is 0 Å². The van der Waals surface area contributed by atoms with Gasteiger partial charge >= 0.3 is 6.36 Å². The summed E-state index contributed by atoms with van der Waals surface area (Å²) in [6, 6.07) is 5.81. The third-order valence-electron chi connectivity index (χ3n) is 1.67. The SMILES string of the molecule is FC(F)(F)Oc1cccc(C2=CN2)c1. The third-order valence-corrected chi connectivity index (χ3v) is 1.67. The second-order valence-corrected chi connectivity index (χ2v) is 2.78. The largest absolute Gasteiger partial charge is 0.573 e. The van der Waals surface area contributed by atoms with Crippen molar-refractivity contribution >= 4 is 5.70 Å². The molecule has 0 radical (unpaired) electrons. The Balaban J connectivity index is 2.18. The number of alkyl halides is 3. The van der Waals surface area contributed by atoms with Crippen molar-refractivity contribution in [3.63, 3.8) is 0 Å². The fraction of sp³-hybridized carbons (Fsp3) is 0.111. The molecule has 1 heterocycles. The second kappa shape index (κ2) is 2.94. The molecule has 0 fully saturated rings. The summed E-state index contributed by atoms with van der Waals surface area (Å²) in [5.74, 6) is -0.204. The van der Waals surface area contributed by atoms with Crippen molar-refractivity contribution in [2.45, 2.75) is 6.36 Å². The van der Waals surface area contributed by atoms with E-state index < -0.39 is 6.36 Å². The van der Waals surface area contributed by atoms with Gasteiger partial charge in [0.25, 0.3) is 0 Å². The van der Waals surface area contributed by atoms with Crippen LogP contribution in [0.4, 0.5) is 13.2 Å². The van der Waals surface area contributed by atoms with Crippen molar-refractivity contribution in [3.05, 3.63) is 36.0 Å². The molecule has 1 aliphatic heterocycles. The fourth-order valence-electron chi connectivity index (χ4n) is 1.06. The third kappa shape index (κ3) is 2.18. The molecule has 14 heavy (non-hydrogen) atoms. The summed E-state index contributed by atoms with van der Waals surface area (Å²) in [5.41, 5.74) is 1.50. The van der Waals surface area contributed by atoms with Crippen LogP contribution in [-0.2, 0) is 0 Å². The van der Waals surface area contributed by atoms with E-state index in [0.717, 1.165) is 5.70 Å². The van der Waals surface area contributed by atoms with Gasteiger partial charge in [0.05, 0.1) is 5.70 Å². The molecule has 1 aliphatic rings. The Kier molecular flexibility index (Phi) is 1.87. The highest BCUT2D eigenvalue weighted by atomic mass is 19.4. The molecular weight excluding hydrogens is 195 g/mol. The number of rotatable bonds is 2. The van der Waals surface area contributed by atoms with Gasteiger partial charge in [-0.15, -0.1) is 13.2 Å². The van der Waals surface area contributed by atoms with Gasteiger partial charge in [0.2, 0.25) is 0 Å². The Morgan fingerprint density at radius 2 is 1.93 bits per heavy atom. The molecule has 0 saturated carbocycles. The van der Waals surface area contributed by atoms with Crippen LogP contribution in [0.3, 0.4) is 0 Å². The van der Waals surface area contributed by atoms with Crippen molar-refractivity contribution in [3.8, 4) is 5.75 Å². The second-order valence-electron chi connectivity index (χ2n) is 2.78. The zero-order valence-electron chi connectivity index (χ0n) is 6.93. The summed E-state index contributed by atoms with van der Waals surface area (Å²) in [7, 11) is 0. The van der Waals surface area contributed by atoms with Gasteiger partial charge in [0.1, 0.15) is 5.75 Å². The van der Waals surface area contributed by atoms with E-state index in [-0.39, 0.29) is 5.75 Å². The van der Waals surface area contributed by atoms with E-state index in [2.05, 4.69) is 10.1 Å². The first-order valence-electron chi connectivity index (χ1n) is 3.87. The average molecular weight is 201 g/mol. The fourth-order valence-corrected chi connectivity index (χ4v) is 1.06. The molecule has 74 valence electrons. The molecule has 0 saturated heterocycles. The number of benzene rings is 1. The standard InChI is InChI=1S/C9H6F3NO/c10-9(11,12)14-7-3-1-2-6(4-7)8-5-13-8/h1-5,13H. The first-order chi connectivity index (χ1) is 6.54. The molecule has 0 aromatic heterocycles. The van der Waals surface area contributed by atoms with Crippen molar-refractivity contribution in [1.29, 1.82) is 0 Å². The van der Waals surface area contributed by atoms with Crippen LogP contribution in [0.25, 0.3) is 5.70 Å². The monoisotopic (exact) mass is 201 g/mol. The van der Waals surface area contributed by atoms with Crippen LogP contribution < -0.4 is 10.1 Å². The number of halogens is 3. The van der Waals surface area contributed by atoms with Crippen molar-refractivity contribution in [2.24, 2.45) is 0 Å². The van der Waals surface area contributed by atoms with Gasteiger partial charge in [-0.1, -0.05) is 12.1 Å². The molecule has 1 N–H and O–H groups in total. The lowest BCUT2D eigenvalue weighted by atomic mass is 10.2. The Hall–Kier alpha value is -1.65. The maximum atomic E-state index is 11.8. The summed E-state index contributed by atoms with van der Waals surface area (Å²) in [5, 5.41) is 2.80. The van der Waals surface area contributed by atoms with Crippen LogP contribution in [0.15, 0.2) is 30.5 Å². The maximum Gasteiger partial charge on any atom is 0.573 e. The van der Waals surface area contributed by atoms with Gasteiger partial charge in [0, 0.05) is 11.8 Å². The first kappa shape index (κ1) is 8.93. The molecule has 1 aromatic rings. The molecule has 0 spiro atoms. The molecule has 0 bridgehead atoms. The molecule has 1 aromatic carbocycles. The van der Waals surface area contributed by atoms with Gasteiger partial charge in [0.15, 0.2) is 0 Å². The first-order valence-corrected chi connectivity index (χ1v) is 3.87. The van der Waals surface area contributed by atoms with Crippen LogP contribution in [-0.4, -0.2) is 6.36 Å². The van der Waals surface area contributed by atoms with Crippen LogP contribution >= 0.6 is 0 Å². The number of nitrogens with one attached hydrogen (secondary N) is 1. The molecule has 2 rings (SSSR count). The van der Waals surface area contributed by atoms with Crippen LogP contribution in [0.5, 0.6) is 5.75 Å². The van der Waals surface area contributed by atoms with E-state index in [1.807, 2.05) is 0 Å². The van der Waals surface area contributed by atoms with Crippen LogP contribution in [0.1, 0.15) is 5.56 Å². The highest BCUT2D eigenvalue weighted by Crippen LogP contribution is 2.27. The topological polar surface area (TPSA) is 31.2 Å². The quantitative estimate of drug-likeness (QED) is 0.796. The van der Waals surface area contributed by atoms with Crippen LogP contribution in [0.2, 0.25) is 0 Å². The Morgan fingerprint density at radius 1 is 1.21 bits per heavy atom. The highest BCUT2D eigenvalue weighted by molar-refractivity contribution is 5.74. The van der Waals surface area contributed by atoms with Crippen LogP contribution in [0, 0.1) is 0 Å². The lowest BCUT2D eigenvalue weighted by Crippen LogP contribution is -2.17. The molecule has 5 heteroatoms. The summed E-state index contributed by atoms with van der Waals surface area (Å²) in [6.07, 6.45) is -2.93. The van der Waals surface area contributed by atoms with Crippen molar-refractivity contribution in [1.82, 2.24) is 5.32 Å². The molecule has 0 atom stereocenters. The zero-order chi connectivity index (χ0) is 10.2. The number of ether oxygens (including phenoxy) is 1. The van der Waals surface area contributed by atoms with E-state index in [0.29, 0.717) is 5.56 Å². The Bertz CT molecular complexity index is 384. The lowest BCUT2D eigenvalue weighted by molar-refractivity contribution is -0.274. The minimum atomic E-state index is -4.63. The molecular formula is C9H6F3NO. The van der Waals surface area contributed by atoms with Crippen molar-refractivity contribution < 1.29 is 17.9 Å². The van der Waals surface area contributed by atoms with E-state index in [4.69, 9.17) is 0 Å². The van der Waals surface area contributed by atoms with Gasteiger partial charge in [-0.05, 0) is 12.1 Å². The summed E-state index contributed by atoms with van der Waals surface area (Å²) in [4.78, 5) is 0. The predicted molar refractivity (Wildman–Crippen MR) is 44.2 cm³/mol. The van der Waals surface area contributed by atoms with E-state index in [1.165, 1.54) is 18.2 Å². The predicted octanol–water partition coefficient (Wildman–Crippen LogP) is 2.49. The highest BCUT2D eigenvalue weighted by Gasteiger charge is 2.31. The minimum absolute atomic E-state index is 0.204. The van der Waals surface area contributed by atoms with Gasteiger partial charge in [-0.25, -0.2) is 0 Å². The normalized spacial score (nSPS) is 14.4. The number of hydrogen-bond donors (Lipinski definition) is 1. The molecule has 0 amide bonds. The smallest absolute Gasteiger partial charge is 0.406 e. The van der Waals surface area contributed by atoms with Crippen molar-refractivity contribution in [2.75, 3.05) is 0 Å². The van der Waals surface area contributed by atoms with E-state index in [1.54, 1.807) is 12.3 Å². The lowest BCUT2D eigenvalue weighted by Gasteiger charge is -2.08. The Labute approximate surface area is 78.0 Å². The summed E-state index contributed by atoms with van der Waals surface area (Å²) < 4.78 is 39.3. The summed E-state index contributed by atoms with van der Waals surface area (Å²) >= 11 is 0. The zero-order valence-corrected chi connectivity index (χ0v) is 6.93. The number of hydrogen-bond acceptors (Lipinski definition) is 2. The summed E-state index contributed by atoms with van der Waals surface area (Å²) in [6.45, 7) is 0. The van der Waals surface area contributed by atoms with Gasteiger partial charge < -0.3 is 10.1 Å². The Morgan fingerprint density at radius 3 is 2.50 bits per heavy atom. The molecule has 2 nitrogen and oxygen atoms in total. The maximum absolute atomic E-state index is 11.8. The van der Waals surface area contributed by atoms with Gasteiger partial charge in [-0.2, -0.15) is 0 Å². The molecule has 0 aliphatic carbocycles. The molecule has 0 unspecified atom stereocenters. The minimum Gasteiger partial charge on any atom is -0.406 e. The van der Waals surface area contributed by atoms with Gasteiger partial charge in [-0.3, -0.25) is 0 Å².